The highest BCUT2D eigenvalue weighted by Crippen LogP contribution is 2.34. The maximum absolute atomic E-state index is 13.2. The van der Waals surface area contributed by atoms with Gasteiger partial charge in [-0.25, -0.2) is 4.98 Å². The minimum atomic E-state index is -4.65. The zero-order chi connectivity index (χ0) is 23.3. The Balaban J connectivity index is 1.79. The maximum atomic E-state index is 13.2. The van der Waals surface area contributed by atoms with Crippen molar-refractivity contribution >= 4 is 17.4 Å². The van der Waals surface area contributed by atoms with E-state index < -0.39 is 17.3 Å². The number of carbonyl (C=O) groups is 1. The largest absolute Gasteiger partial charge is 0.417 e. The first-order chi connectivity index (χ1) is 15.2. The summed E-state index contributed by atoms with van der Waals surface area (Å²) < 4.78 is 45.0. The summed E-state index contributed by atoms with van der Waals surface area (Å²) in [5.41, 5.74) is -0.144. The molecule has 0 radical (unpaired) electrons. The number of ether oxygens (including phenoxy) is 1. The van der Waals surface area contributed by atoms with Crippen LogP contribution in [-0.4, -0.2) is 30.6 Å². The molecule has 2 heterocycles. The van der Waals surface area contributed by atoms with Crippen LogP contribution in [0.1, 0.15) is 59.7 Å². The number of aromatic nitrogens is 1. The van der Waals surface area contributed by atoms with Crippen molar-refractivity contribution in [2.45, 2.75) is 38.8 Å². The van der Waals surface area contributed by atoms with Gasteiger partial charge in [-0.2, -0.15) is 18.4 Å². The normalized spacial score (nSPS) is 14.8. The second-order valence-corrected chi connectivity index (χ2v) is 8.07. The van der Waals surface area contributed by atoms with Gasteiger partial charge in [-0.05, 0) is 54.5 Å². The smallest absolute Gasteiger partial charge is 0.381 e. The van der Waals surface area contributed by atoms with E-state index in [4.69, 9.17) is 10.00 Å². The number of nitrogens with one attached hydrogen (secondary N) is 2. The molecule has 1 amide bonds. The molecule has 0 aliphatic carbocycles. The summed E-state index contributed by atoms with van der Waals surface area (Å²) in [5, 5.41) is 14.7. The average Bonchev–Trinajstić information content (AvgIpc) is 2.77. The summed E-state index contributed by atoms with van der Waals surface area (Å²) >= 11 is 0. The molecule has 1 aliphatic rings. The van der Waals surface area contributed by atoms with E-state index in [0.29, 0.717) is 37.1 Å². The zero-order valence-electron chi connectivity index (χ0n) is 17.9. The number of benzene rings is 1. The van der Waals surface area contributed by atoms with Crippen LogP contribution in [0.2, 0.25) is 0 Å². The van der Waals surface area contributed by atoms with E-state index >= 15 is 0 Å². The number of alkyl halides is 3. The fourth-order valence-corrected chi connectivity index (χ4v) is 3.59. The minimum Gasteiger partial charge on any atom is -0.381 e. The Kier molecular flexibility index (Phi) is 7.36. The zero-order valence-corrected chi connectivity index (χ0v) is 17.9. The summed E-state index contributed by atoms with van der Waals surface area (Å²) in [6, 6.07) is 6.61. The van der Waals surface area contributed by atoms with Gasteiger partial charge in [0.15, 0.2) is 0 Å². The lowest BCUT2D eigenvalue weighted by Crippen LogP contribution is -2.32. The third kappa shape index (κ3) is 5.77. The molecule has 0 bridgehead atoms. The number of carbonyl (C=O) groups excluding carboxylic acids is 1. The first-order valence-corrected chi connectivity index (χ1v) is 10.4. The molecule has 0 saturated carbocycles. The van der Waals surface area contributed by atoms with Gasteiger partial charge in [0.1, 0.15) is 5.82 Å². The standard InChI is InChI=1S/C23H25F3N4O2/c1-14(2)18-10-21(30-17-4-3-16(11-27)20(9-17)23(24,25)26)28-13-19(18)22(31)29-12-15-5-7-32-8-6-15/h3-4,9-10,13-15H,5-8,12H2,1-2H3,(H,28,30)(H,29,31). The maximum Gasteiger partial charge on any atom is 0.417 e. The van der Waals surface area contributed by atoms with Gasteiger partial charge in [0.25, 0.3) is 5.91 Å². The SMILES string of the molecule is CC(C)c1cc(Nc2ccc(C#N)c(C(F)(F)F)c2)ncc1C(=O)NCC1CCOCC1. The highest BCUT2D eigenvalue weighted by Gasteiger charge is 2.34. The van der Waals surface area contributed by atoms with Crippen molar-refractivity contribution in [2.75, 3.05) is 25.1 Å². The molecule has 1 aromatic carbocycles. The lowest BCUT2D eigenvalue weighted by atomic mass is 9.97. The fourth-order valence-electron chi connectivity index (χ4n) is 3.59. The van der Waals surface area contributed by atoms with Crippen LogP contribution >= 0.6 is 0 Å². The second kappa shape index (κ2) is 10.0. The van der Waals surface area contributed by atoms with Crippen LogP contribution in [0, 0.1) is 17.2 Å². The van der Waals surface area contributed by atoms with Gasteiger partial charge in [-0.3, -0.25) is 4.79 Å². The van der Waals surface area contributed by atoms with Crippen molar-refractivity contribution in [3.05, 3.63) is 52.7 Å². The molecule has 6 nitrogen and oxygen atoms in total. The van der Waals surface area contributed by atoms with Crippen molar-refractivity contribution in [1.29, 1.82) is 5.26 Å². The molecule has 0 spiro atoms. The van der Waals surface area contributed by atoms with E-state index in [-0.39, 0.29) is 17.5 Å². The third-order valence-electron chi connectivity index (χ3n) is 5.41. The highest BCUT2D eigenvalue weighted by molar-refractivity contribution is 5.96. The number of halogens is 3. The lowest BCUT2D eigenvalue weighted by molar-refractivity contribution is -0.137. The topological polar surface area (TPSA) is 87.0 Å². The van der Waals surface area contributed by atoms with Crippen molar-refractivity contribution in [3.63, 3.8) is 0 Å². The van der Waals surface area contributed by atoms with E-state index in [2.05, 4.69) is 15.6 Å². The molecular formula is C23H25F3N4O2. The number of rotatable bonds is 6. The third-order valence-corrected chi connectivity index (χ3v) is 5.41. The Hall–Kier alpha value is -3.12. The number of nitriles is 1. The second-order valence-electron chi connectivity index (χ2n) is 8.07. The number of hydrogen-bond acceptors (Lipinski definition) is 5. The molecule has 9 heteroatoms. The van der Waals surface area contributed by atoms with Crippen LogP contribution in [0.5, 0.6) is 0 Å². The van der Waals surface area contributed by atoms with Crippen molar-refractivity contribution in [1.82, 2.24) is 10.3 Å². The molecule has 170 valence electrons. The molecular weight excluding hydrogens is 421 g/mol. The van der Waals surface area contributed by atoms with Crippen LogP contribution in [0.4, 0.5) is 24.7 Å². The molecule has 1 aliphatic heterocycles. The van der Waals surface area contributed by atoms with Crippen molar-refractivity contribution < 1.29 is 22.7 Å². The Labute approximate surface area is 184 Å². The molecule has 2 N–H and O–H groups in total. The van der Waals surface area contributed by atoms with E-state index in [1.165, 1.54) is 12.3 Å². The van der Waals surface area contributed by atoms with Gasteiger partial charge < -0.3 is 15.4 Å². The summed E-state index contributed by atoms with van der Waals surface area (Å²) in [6.45, 7) is 5.82. The van der Waals surface area contributed by atoms with Crippen LogP contribution in [-0.2, 0) is 10.9 Å². The Morgan fingerprint density at radius 3 is 2.62 bits per heavy atom. The van der Waals surface area contributed by atoms with E-state index in [1.807, 2.05) is 13.8 Å². The van der Waals surface area contributed by atoms with Crippen LogP contribution in [0.3, 0.4) is 0 Å². The van der Waals surface area contributed by atoms with Gasteiger partial charge >= 0.3 is 6.18 Å². The quantitative estimate of drug-likeness (QED) is 0.652. The molecule has 1 saturated heterocycles. The van der Waals surface area contributed by atoms with Gasteiger partial charge in [-0.15, -0.1) is 0 Å². The Morgan fingerprint density at radius 2 is 2.00 bits per heavy atom. The average molecular weight is 446 g/mol. The molecule has 1 aromatic heterocycles. The van der Waals surface area contributed by atoms with Crippen molar-refractivity contribution in [3.8, 4) is 6.07 Å². The molecule has 3 rings (SSSR count). The van der Waals surface area contributed by atoms with E-state index in [9.17, 15) is 18.0 Å². The summed E-state index contributed by atoms with van der Waals surface area (Å²) in [4.78, 5) is 17.0. The molecule has 1 fully saturated rings. The number of nitrogens with zero attached hydrogens (tertiary/aromatic N) is 2. The lowest BCUT2D eigenvalue weighted by Gasteiger charge is -2.22. The van der Waals surface area contributed by atoms with E-state index in [1.54, 1.807) is 12.1 Å². The van der Waals surface area contributed by atoms with Gasteiger partial charge in [0.05, 0.1) is 22.8 Å². The van der Waals surface area contributed by atoms with Gasteiger partial charge in [-0.1, -0.05) is 13.8 Å². The summed E-state index contributed by atoms with van der Waals surface area (Å²) in [6.07, 6.45) is -1.40. The van der Waals surface area contributed by atoms with Gasteiger partial charge in [0, 0.05) is 31.6 Å². The van der Waals surface area contributed by atoms with Crippen molar-refractivity contribution in [2.24, 2.45) is 5.92 Å². The number of pyridine rings is 1. The fraction of sp³-hybridized carbons (Fsp3) is 0.435. The van der Waals surface area contributed by atoms with E-state index in [0.717, 1.165) is 30.5 Å². The van der Waals surface area contributed by atoms with Crippen LogP contribution < -0.4 is 10.6 Å². The number of amides is 1. The first-order valence-electron chi connectivity index (χ1n) is 10.4. The van der Waals surface area contributed by atoms with Gasteiger partial charge in [0.2, 0.25) is 0 Å². The molecule has 0 unspecified atom stereocenters. The predicted octanol–water partition coefficient (Wildman–Crippen LogP) is 5.00. The Bertz CT molecular complexity index is 1010. The number of anilines is 2. The summed E-state index contributed by atoms with van der Waals surface area (Å²) in [5.74, 6) is 0.460. The first kappa shape index (κ1) is 23.5. The summed E-state index contributed by atoms with van der Waals surface area (Å²) in [7, 11) is 0. The minimum absolute atomic E-state index is 0.00548. The molecule has 2 aromatic rings. The highest BCUT2D eigenvalue weighted by atomic mass is 19.4. The monoisotopic (exact) mass is 446 g/mol. The predicted molar refractivity (Wildman–Crippen MR) is 114 cm³/mol. The molecule has 32 heavy (non-hydrogen) atoms. The molecule has 0 atom stereocenters. The number of hydrogen-bond donors (Lipinski definition) is 2. The van der Waals surface area contributed by atoms with Crippen LogP contribution in [0.25, 0.3) is 0 Å². The van der Waals surface area contributed by atoms with Crippen LogP contribution in [0.15, 0.2) is 30.5 Å². The Morgan fingerprint density at radius 1 is 1.28 bits per heavy atom.